The molecular formula is C18H14F3NO2. The Balaban J connectivity index is 0.000000256. The summed E-state index contributed by atoms with van der Waals surface area (Å²) in [6.45, 7) is 2.14. The summed E-state index contributed by atoms with van der Waals surface area (Å²) in [5.74, 6) is -2.76. The maximum absolute atomic E-state index is 10.6. The van der Waals surface area contributed by atoms with Crippen LogP contribution in [-0.4, -0.2) is 22.2 Å². The van der Waals surface area contributed by atoms with E-state index in [9.17, 15) is 13.2 Å². The smallest absolute Gasteiger partial charge is 0.475 e. The molecule has 0 aliphatic rings. The molecule has 0 unspecified atom stereocenters. The standard InChI is InChI=1S/C16H13N.C2HF3O2/c1-12-11-16(13-7-3-2-4-8-13)17-15-10-6-5-9-14(12)15;3-2(4,5)1(6)7/h2-11H,1H3;(H,6,7). The van der Waals surface area contributed by atoms with Crippen molar-refractivity contribution in [1.29, 1.82) is 0 Å². The summed E-state index contributed by atoms with van der Waals surface area (Å²) in [5.41, 5.74) is 4.55. The Bertz CT molecular complexity index is 846. The Morgan fingerprint density at radius 1 is 1.00 bits per heavy atom. The lowest BCUT2D eigenvalue weighted by atomic mass is 10.1. The molecule has 24 heavy (non-hydrogen) atoms. The van der Waals surface area contributed by atoms with Crippen LogP contribution in [0.2, 0.25) is 0 Å². The zero-order valence-electron chi connectivity index (χ0n) is 12.7. The molecule has 124 valence electrons. The highest BCUT2D eigenvalue weighted by Gasteiger charge is 2.38. The number of pyridine rings is 1. The average molecular weight is 333 g/mol. The Morgan fingerprint density at radius 2 is 1.54 bits per heavy atom. The molecule has 0 fully saturated rings. The van der Waals surface area contributed by atoms with Crippen molar-refractivity contribution in [2.24, 2.45) is 0 Å². The normalized spacial score (nSPS) is 10.8. The van der Waals surface area contributed by atoms with E-state index in [0.29, 0.717) is 0 Å². The molecule has 0 aliphatic carbocycles. The van der Waals surface area contributed by atoms with E-state index < -0.39 is 12.1 Å². The van der Waals surface area contributed by atoms with Gasteiger partial charge in [-0.15, -0.1) is 0 Å². The van der Waals surface area contributed by atoms with Crippen LogP contribution in [0.5, 0.6) is 0 Å². The van der Waals surface area contributed by atoms with Gasteiger partial charge in [-0.3, -0.25) is 0 Å². The van der Waals surface area contributed by atoms with Gasteiger partial charge in [-0.05, 0) is 24.6 Å². The quantitative estimate of drug-likeness (QED) is 0.693. The van der Waals surface area contributed by atoms with Crippen LogP contribution in [0.15, 0.2) is 60.7 Å². The maximum Gasteiger partial charge on any atom is 0.490 e. The molecule has 0 radical (unpaired) electrons. The van der Waals surface area contributed by atoms with Gasteiger partial charge in [0.15, 0.2) is 0 Å². The Kier molecular flexibility index (Phi) is 5.18. The lowest BCUT2D eigenvalue weighted by Gasteiger charge is -2.06. The second-order valence-electron chi connectivity index (χ2n) is 5.01. The number of nitrogens with zero attached hydrogens (tertiary/aromatic N) is 1. The fourth-order valence-corrected chi connectivity index (χ4v) is 2.11. The summed E-state index contributed by atoms with van der Waals surface area (Å²) < 4.78 is 31.7. The SMILES string of the molecule is Cc1cc(-c2ccccc2)nc2ccccc12.O=C(O)C(F)(F)F. The summed E-state index contributed by atoms with van der Waals surface area (Å²) in [6, 6.07) is 20.7. The third-order valence-corrected chi connectivity index (χ3v) is 3.24. The van der Waals surface area contributed by atoms with E-state index in [1.54, 1.807) is 0 Å². The number of alkyl halides is 3. The molecule has 0 bridgehead atoms. The van der Waals surface area contributed by atoms with E-state index >= 15 is 0 Å². The predicted octanol–water partition coefficient (Wildman–Crippen LogP) is 4.84. The minimum atomic E-state index is -5.08. The molecule has 0 spiro atoms. The lowest BCUT2D eigenvalue weighted by Crippen LogP contribution is -2.21. The van der Waals surface area contributed by atoms with Crippen molar-refractivity contribution in [3.63, 3.8) is 0 Å². The van der Waals surface area contributed by atoms with Crippen LogP contribution >= 0.6 is 0 Å². The molecule has 2 aromatic carbocycles. The van der Waals surface area contributed by atoms with E-state index in [2.05, 4.69) is 43.3 Å². The molecule has 0 aliphatic heterocycles. The number of aliphatic carboxylic acids is 1. The predicted molar refractivity (Wildman–Crippen MR) is 85.6 cm³/mol. The minimum absolute atomic E-state index is 1.04. The summed E-state index contributed by atoms with van der Waals surface area (Å²) in [4.78, 5) is 13.6. The number of carboxylic acids is 1. The van der Waals surface area contributed by atoms with Gasteiger partial charge in [-0.25, -0.2) is 9.78 Å². The molecule has 1 N–H and O–H groups in total. The van der Waals surface area contributed by atoms with Gasteiger partial charge in [0.1, 0.15) is 0 Å². The third-order valence-electron chi connectivity index (χ3n) is 3.24. The fraction of sp³-hybridized carbons (Fsp3) is 0.111. The average Bonchev–Trinajstić information content (AvgIpc) is 2.55. The first-order valence-electron chi connectivity index (χ1n) is 7.01. The van der Waals surface area contributed by atoms with Gasteiger partial charge in [0.25, 0.3) is 0 Å². The zero-order valence-corrected chi connectivity index (χ0v) is 12.7. The van der Waals surface area contributed by atoms with Gasteiger partial charge in [0.2, 0.25) is 0 Å². The molecule has 0 atom stereocenters. The molecule has 3 aromatic rings. The minimum Gasteiger partial charge on any atom is -0.475 e. The van der Waals surface area contributed by atoms with Gasteiger partial charge in [-0.1, -0.05) is 48.5 Å². The highest BCUT2D eigenvalue weighted by Crippen LogP contribution is 2.23. The van der Waals surface area contributed by atoms with Crippen molar-refractivity contribution >= 4 is 16.9 Å². The number of carbonyl (C=O) groups is 1. The topological polar surface area (TPSA) is 50.2 Å². The molecule has 1 heterocycles. The Labute approximate surface area is 136 Å². The van der Waals surface area contributed by atoms with Crippen LogP contribution in [0.3, 0.4) is 0 Å². The Morgan fingerprint density at radius 3 is 2.12 bits per heavy atom. The number of carboxylic acid groups (broad SMARTS) is 1. The van der Waals surface area contributed by atoms with Crippen molar-refractivity contribution in [3.05, 3.63) is 66.2 Å². The summed E-state index contributed by atoms with van der Waals surface area (Å²) in [5, 5.41) is 8.35. The van der Waals surface area contributed by atoms with Gasteiger partial charge in [-0.2, -0.15) is 13.2 Å². The van der Waals surface area contributed by atoms with Crippen LogP contribution < -0.4 is 0 Å². The van der Waals surface area contributed by atoms with Crippen LogP contribution in [0, 0.1) is 6.92 Å². The van der Waals surface area contributed by atoms with Crippen molar-refractivity contribution in [2.75, 3.05) is 0 Å². The van der Waals surface area contributed by atoms with Gasteiger partial charge in [0.05, 0.1) is 11.2 Å². The first-order valence-corrected chi connectivity index (χ1v) is 7.01. The molecule has 6 heteroatoms. The van der Waals surface area contributed by atoms with E-state index in [0.717, 1.165) is 11.2 Å². The second kappa shape index (κ2) is 7.12. The van der Waals surface area contributed by atoms with Gasteiger partial charge in [0, 0.05) is 10.9 Å². The zero-order chi connectivity index (χ0) is 17.7. The van der Waals surface area contributed by atoms with E-state index in [1.807, 2.05) is 24.3 Å². The van der Waals surface area contributed by atoms with Gasteiger partial charge >= 0.3 is 12.1 Å². The van der Waals surface area contributed by atoms with Crippen molar-refractivity contribution < 1.29 is 23.1 Å². The van der Waals surface area contributed by atoms with E-state index in [4.69, 9.17) is 14.9 Å². The maximum atomic E-state index is 10.6. The van der Waals surface area contributed by atoms with Crippen molar-refractivity contribution in [2.45, 2.75) is 13.1 Å². The van der Waals surface area contributed by atoms with E-state index in [1.165, 1.54) is 16.5 Å². The number of hydrogen-bond acceptors (Lipinski definition) is 2. The highest BCUT2D eigenvalue weighted by atomic mass is 19.4. The number of aromatic nitrogens is 1. The number of halogens is 3. The monoisotopic (exact) mass is 333 g/mol. The van der Waals surface area contributed by atoms with Crippen LogP contribution in [0.1, 0.15) is 5.56 Å². The second-order valence-corrected chi connectivity index (χ2v) is 5.01. The van der Waals surface area contributed by atoms with E-state index in [-0.39, 0.29) is 0 Å². The number of rotatable bonds is 1. The number of aryl methyl sites for hydroxylation is 1. The number of benzene rings is 2. The van der Waals surface area contributed by atoms with Gasteiger partial charge < -0.3 is 5.11 Å². The Hall–Kier alpha value is -2.89. The largest absolute Gasteiger partial charge is 0.490 e. The van der Waals surface area contributed by atoms with Crippen LogP contribution in [-0.2, 0) is 4.79 Å². The first kappa shape index (κ1) is 17.5. The van der Waals surface area contributed by atoms with Crippen LogP contribution in [0.25, 0.3) is 22.2 Å². The van der Waals surface area contributed by atoms with Crippen molar-refractivity contribution in [3.8, 4) is 11.3 Å². The van der Waals surface area contributed by atoms with Crippen molar-refractivity contribution in [1.82, 2.24) is 4.98 Å². The molecule has 3 nitrogen and oxygen atoms in total. The first-order chi connectivity index (χ1) is 11.3. The summed E-state index contributed by atoms with van der Waals surface area (Å²) >= 11 is 0. The molecular weight excluding hydrogens is 319 g/mol. The molecule has 0 amide bonds. The number of hydrogen-bond donors (Lipinski definition) is 1. The van der Waals surface area contributed by atoms with Crippen LogP contribution in [0.4, 0.5) is 13.2 Å². The molecule has 0 saturated heterocycles. The molecule has 3 rings (SSSR count). The summed E-state index contributed by atoms with van der Waals surface area (Å²) in [6.07, 6.45) is -5.08. The number of fused-ring (bicyclic) bond motifs is 1. The number of para-hydroxylation sites is 1. The highest BCUT2D eigenvalue weighted by molar-refractivity contribution is 5.84. The molecule has 0 saturated carbocycles. The third kappa shape index (κ3) is 4.32. The summed E-state index contributed by atoms with van der Waals surface area (Å²) in [7, 11) is 0. The fourth-order valence-electron chi connectivity index (χ4n) is 2.11. The lowest BCUT2D eigenvalue weighted by molar-refractivity contribution is -0.192. The molecule has 1 aromatic heterocycles.